The average Bonchev–Trinajstić information content (AvgIpc) is 2.69. The monoisotopic (exact) mass is 471 g/mol. The van der Waals surface area contributed by atoms with E-state index in [4.69, 9.17) is 11.6 Å². The molecule has 1 aromatic heterocycles. The number of carbonyl (C=O) groups excluding carboxylic acids is 1. The summed E-state index contributed by atoms with van der Waals surface area (Å²) in [7, 11) is -4.10. The fourth-order valence-electron chi connectivity index (χ4n) is 2.53. The zero-order chi connectivity index (χ0) is 22.8. The SMILES string of the molecule is O=C(Cn1nc(S(=O)(=O)c2ccc(Cl)cc2)ccc1=O)Nc1cccc(C(F)(F)F)c1. The highest BCUT2D eigenvalue weighted by Crippen LogP contribution is 2.30. The molecule has 0 atom stereocenters. The zero-order valence-electron chi connectivity index (χ0n) is 15.4. The van der Waals surface area contributed by atoms with Crippen LogP contribution < -0.4 is 10.9 Å². The number of hydrogen-bond donors (Lipinski definition) is 1. The molecule has 12 heteroatoms. The number of carbonyl (C=O) groups is 1. The van der Waals surface area contributed by atoms with Crippen molar-refractivity contribution in [1.82, 2.24) is 9.78 Å². The first-order valence-corrected chi connectivity index (χ1v) is 10.4. The van der Waals surface area contributed by atoms with Crippen LogP contribution in [0.15, 0.2) is 75.4 Å². The fourth-order valence-corrected chi connectivity index (χ4v) is 3.85. The molecule has 3 aromatic rings. The van der Waals surface area contributed by atoms with E-state index in [-0.39, 0.29) is 10.6 Å². The Bertz CT molecular complexity index is 1290. The number of alkyl halides is 3. The third-order valence-corrected chi connectivity index (χ3v) is 5.92. The van der Waals surface area contributed by atoms with E-state index >= 15 is 0 Å². The second-order valence-electron chi connectivity index (χ2n) is 6.25. The Labute approximate surface area is 179 Å². The molecular weight excluding hydrogens is 459 g/mol. The van der Waals surface area contributed by atoms with Crippen LogP contribution in [-0.4, -0.2) is 24.1 Å². The van der Waals surface area contributed by atoms with Gasteiger partial charge >= 0.3 is 6.18 Å². The molecule has 1 amide bonds. The molecule has 1 N–H and O–H groups in total. The predicted octanol–water partition coefficient (Wildman–Crippen LogP) is 3.39. The number of sulfone groups is 1. The van der Waals surface area contributed by atoms with Crippen molar-refractivity contribution in [2.24, 2.45) is 0 Å². The molecule has 0 aliphatic rings. The van der Waals surface area contributed by atoms with Crippen LogP contribution in [0.4, 0.5) is 18.9 Å². The summed E-state index contributed by atoms with van der Waals surface area (Å²) in [4.78, 5) is 24.1. The molecule has 0 aliphatic carbocycles. The predicted molar refractivity (Wildman–Crippen MR) is 105 cm³/mol. The van der Waals surface area contributed by atoms with Gasteiger partial charge in [0.2, 0.25) is 15.7 Å². The Morgan fingerprint density at radius 2 is 1.74 bits per heavy atom. The lowest BCUT2D eigenvalue weighted by atomic mass is 10.2. The van der Waals surface area contributed by atoms with Crippen LogP contribution in [0.25, 0.3) is 0 Å². The molecular formula is C19H13ClF3N3O4S. The lowest BCUT2D eigenvalue weighted by Gasteiger charge is -2.11. The summed E-state index contributed by atoms with van der Waals surface area (Å²) >= 11 is 5.75. The minimum atomic E-state index is -4.59. The van der Waals surface area contributed by atoms with Gasteiger partial charge in [0.25, 0.3) is 5.56 Å². The van der Waals surface area contributed by atoms with Crippen LogP contribution in [-0.2, 0) is 27.4 Å². The van der Waals surface area contributed by atoms with E-state index in [1.807, 2.05) is 0 Å². The van der Waals surface area contributed by atoms with Crippen molar-refractivity contribution in [3.63, 3.8) is 0 Å². The molecule has 162 valence electrons. The van der Waals surface area contributed by atoms with Crippen molar-refractivity contribution in [3.05, 3.63) is 81.6 Å². The molecule has 0 spiro atoms. The normalized spacial score (nSPS) is 11.9. The van der Waals surface area contributed by atoms with Gasteiger partial charge in [-0.05, 0) is 48.5 Å². The zero-order valence-corrected chi connectivity index (χ0v) is 17.0. The van der Waals surface area contributed by atoms with Gasteiger partial charge in [0.15, 0.2) is 5.03 Å². The molecule has 0 bridgehead atoms. The number of anilines is 1. The Balaban J connectivity index is 1.83. The molecule has 2 aromatic carbocycles. The second kappa shape index (κ2) is 8.52. The van der Waals surface area contributed by atoms with Crippen LogP contribution in [0.5, 0.6) is 0 Å². The van der Waals surface area contributed by atoms with E-state index in [9.17, 15) is 31.2 Å². The second-order valence-corrected chi connectivity index (χ2v) is 8.58. The summed E-state index contributed by atoms with van der Waals surface area (Å²) in [6.45, 7) is -0.709. The molecule has 0 saturated carbocycles. The van der Waals surface area contributed by atoms with Crippen LogP contribution >= 0.6 is 11.6 Å². The molecule has 31 heavy (non-hydrogen) atoms. The Hall–Kier alpha value is -3.18. The Morgan fingerprint density at radius 3 is 2.39 bits per heavy atom. The van der Waals surface area contributed by atoms with Gasteiger partial charge < -0.3 is 5.32 Å². The number of halogens is 4. The molecule has 0 radical (unpaired) electrons. The number of nitrogens with zero attached hydrogens (tertiary/aromatic N) is 2. The maximum Gasteiger partial charge on any atom is 0.416 e. The Kier molecular flexibility index (Phi) is 6.18. The van der Waals surface area contributed by atoms with Gasteiger partial charge in [0.05, 0.1) is 10.5 Å². The number of hydrogen-bond acceptors (Lipinski definition) is 5. The van der Waals surface area contributed by atoms with E-state index in [1.54, 1.807) is 0 Å². The summed E-state index contributed by atoms with van der Waals surface area (Å²) in [5.74, 6) is -0.866. The van der Waals surface area contributed by atoms with Crippen molar-refractivity contribution in [2.45, 2.75) is 22.6 Å². The van der Waals surface area contributed by atoms with Gasteiger partial charge in [-0.15, -0.1) is 0 Å². The number of aromatic nitrogens is 2. The molecule has 0 aliphatic heterocycles. The first kappa shape index (κ1) is 22.5. The Morgan fingerprint density at radius 1 is 1.06 bits per heavy atom. The van der Waals surface area contributed by atoms with E-state index < -0.39 is 44.6 Å². The number of amides is 1. The van der Waals surface area contributed by atoms with Crippen LogP contribution in [0.1, 0.15) is 5.56 Å². The topological polar surface area (TPSA) is 98.1 Å². The van der Waals surface area contributed by atoms with Gasteiger partial charge in [-0.1, -0.05) is 17.7 Å². The summed E-state index contributed by atoms with van der Waals surface area (Å²) in [5, 5.41) is 5.78. The minimum Gasteiger partial charge on any atom is -0.324 e. The van der Waals surface area contributed by atoms with Crippen molar-refractivity contribution >= 4 is 33.0 Å². The summed E-state index contributed by atoms with van der Waals surface area (Å²) in [6.07, 6.45) is -4.59. The molecule has 0 saturated heterocycles. The van der Waals surface area contributed by atoms with Crippen molar-refractivity contribution in [1.29, 1.82) is 0 Å². The molecule has 1 heterocycles. The summed E-state index contributed by atoms with van der Waals surface area (Å²) in [6, 6.07) is 11.1. The standard InChI is InChI=1S/C19H13ClF3N3O4S/c20-13-4-6-15(7-5-13)31(29,30)17-8-9-18(28)26(25-17)11-16(27)24-14-3-1-2-12(10-14)19(21,22)23/h1-10H,11H2,(H,24,27). The van der Waals surface area contributed by atoms with E-state index in [0.29, 0.717) is 9.70 Å². The highest BCUT2D eigenvalue weighted by atomic mass is 35.5. The van der Waals surface area contributed by atoms with Crippen molar-refractivity contribution in [2.75, 3.05) is 5.32 Å². The maximum absolute atomic E-state index is 12.8. The summed E-state index contributed by atoms with van der Waals surface area (Å²) in [5.41, 5.74) is -1.87. The summed E-state index contributed by atoms with van der Waals surface area (Å²) < 4.78 is 64.4. The largest absolute Gasteiger partial charge is 0.416 e. The maximum atomic E-state index is 12.8. The molecule has 7 nitrogen and oxygen atoms in total. The quantitative estimate of drug-likeness (QED) is 0.615. The van der Waals surface area contributed by atoms with E-state index in [1.165, 1.54) is 30.3 Å². The minimum absolute atomic E-state index is 0.122. The van der Waals surface area contributed by atoms with Gasteiger partial charge in [0.1, 0.15) is 6.54 Å². The third kappa shape index (κ3) is 5.30. The smallest absolute Gasteiger partial charge is 0.324 e. The van der Waals surface area contributed by atoms with Gasteiger partial charge in [-0.2, -0.15) is 18.3 Å². The first-order valence-electron chi connectivity index (χ1n) is 8.53. The number of nitrogens with one attached hydrogen (secondary N) is 1. The number of rotatable bonds is 5. The van der Waals surface area contributed by atoms with Crippen molar-refractivity contribution in [3.8, 4) is 0 Å². The van der Waals surface area contributed by atoms with Gasteiger partial charge in [-0.25, -0.2) is 13.1 Å². The highest BCUT2D eigenvalue weighted by Gasteiger charge is 2.30. The number of benzene rings is 2. The lowest BCUT2D eigenvalue weighted by molar-refractivity contribution is -0.137. The average molecular weight is 472 g/mol. The van der Waals surface area contributed by atoms with E-state index in [0.717, 1.165) is 30.3 Å². The highest BCUT2D eigenvalue weighted by molar-refractivity contribution is 7.91. The fraction of sp³-hybridized carbons (Fsp3) is 0.105. The van der Waals surface area contributed by atoms with Gasteiger partial charge in [0, 0.05) is 16.8 Å². The third-order valence-electron chi connectivity index (χ3n) is 4.01. The van der Waals surface area contributed by atoms with Gasteiger partial charge in [-0.3, -0.25) is 9.59 Å². The van der Waals surface area contributed by atoms with E-state index in [2.05, 4.69) is 10.4 Å². The molecule has 3 rings (SSSR count). The van der Waals surface area contributed by atoms with Crippen LogP contribution in [0, 0.1) is 0 Å². The molecule has 0 unspecified atom stereocenters. The van der Waals surface area contributed by atoms with Crippen LogP contribution in [0.2, 0.25) is 5.02 Å². The lowest BCUT2D eigenvalue weighted by Crippen LogP contribution is -2.30. The van der Waals surface area contributed by atoms with Crippen molar-refractivity contribution < 1.29 is 26.4 Å². The first-order chi connectivity index (χ1) is 14.5. The van der Waals surface area contributed by atoms with Crippen LogP contribution in [0.3, 0.4) is 0 Å². The molecule has 0 fully saturated rings.